The Morgan fingerprint density at radius 3 is 1.47 bits per heavy atom. The van der Waals surface area contributed by atoms with E-state index in [-0.39, 0.29) is 21.7 Å². The van der Waals surface area contributed by atoms with Crippen LogP contribution in [-0.2, 0) is 21.7 Å². The summed E-state index contributed by atoms with van der Waals surface area (Å²) >= 11 is 0. The molecule has 290 valence electrons. The lowest BCUT2D eigenvalue weighted by Gasteiger charge is -2.31. The molecule has 59 heavy (non-hydrogen) atoms. The molecule has 9 aromatic rings. The van der Waals surface area contributed by atoms with Crippen LogP contribution in [0.1, 0.15) is 103 Å². The number of para-hydroxylation sites is 1. The zero-order chi connectivity index (χ0) is 41.0. The minimum Gasteiger partial charge on any atom is -0.455 e. The van der Waals surface area contributed by atoms with Gasteiger partial charge in [-0.1, -0.05) is 191 Å². The maximum atomic E-state index is 7.00. The predicted octanol–water partition coefficient (Wildman–Crippen LogP) is 16.4. The monoisotopic (exact) mass is 764 g/mol. The third-order valence-corrected chi connectivity index (χ3v) is 14.1. The highest BCUT2D eigenvalue weighted by molar-refractivity contribution is 6.23. The van der Waals surface area contributed by atoms with Crippen LogP contribution in [-0.4, -0.2) is 0 Å². The Morgan fingerprint density at radius 2 is 0.881 bits per heavy atom. The molecule has 0 radical (unpaired) electrons. The van der Waals surface area contributed by atoms with Crippen LogP contribution in [0.25, 0.3) is 88.0 Å². The molecule has 8 aromatic carbocycles. The van der Waals surface area contributed by atoms with E-state index in [4.69, 9.17) is 4.42 Å². The van der Waals surface area contributed by atoms with Crippen LogP contribution < -0.4 is 0 Å². The summed E-state index contributed by atoms with van der Waals surface area (Å²) in [5.41, 5.74) is 20.3. The van der Waals surface area contributed by atoms with Gasteiger partial charge < -0.3 is 4.42 Å². The van der Waals surface area contributed by atoms with Crippen molar-refractivity contribution < 1.29 is 4.42 Å². The van der Waals surface area contributed by atoms with E-state index in [0.29, 0.717) is 0 Å². The van der Waals surface area contributed by atoms with Gasteiger partial charge in [0.05, 0.1) is 0 Å². The summed E-state index contributed by atoms with van der Waals surface area (Å²) in [6, 6.07) is 50.6. The number of furan rings is 1. The van der Waals surface area contributed by atoms with Gasteiger partial charge in [-0.25, -0.2) is 0 Å². The molecular formula is C58H52O. The molecule has 0 saturated carbocycles. The van der Waals surface area contributed by atoms with Gasteiger partial charge in [0.25, 0.3) is 0 Å². The lowest BCUT2D eigenvalue weighted by atomic mass is 9.72. The largest absolute Gasteiger partial charge is 0.455 e. The summed E-state index contributed by atoms with van der Waals surface area (Å²) in [5.74, 6) is 0. The topological polar surface area (TPSA) is 13.1 Å². The first-order chi connectivity index (χ1) is 28.1. The van der Waals surface area contributed by atoms with Crippen LogP contribution in [0.4, 0.5) is 0 Å². The van der Waals surface area contributed by atoms with Gasteiger partial charge in [0.2, 0.25) is 0 Å². The second-order valence-corrected chi connectivity index (χ2v) is 20.5. The number of benzene rings is 8. The second kappa shape index (κ2) is 11.9. The lowest BCUT2D eigenvalue weighted by molar-refractivity contribution is 0.569. The highest BCUT2D eigenvalue weighted by Gasteiger charge is 2.48. The van der Waals surface area contributed by atoms with E-state index in [1.54, 1.807) is 0 Å². The Kier molecular flexibility index (Phi) is 7.27. The number of fused-ring (bicyclic) bond motifs is 14. The number of hydrogen-bond donors (Lipinski definition) is 0. The molecule has 1 heterocycles. The predicted molar refractivity (Wildman–Crippen MR) is 252 cm³/mol. The first kappa shape index (κ1) is 36.2. The zero-order valence-corrected chi connectivity index (χ0v) is 36.1. The van der Waals surface area contributed by atoms with Crippen LogP contribution in [0.3, 0.4) is 0 Å². The van der Waals surface area contributed by atoms with Crippen molar-refractivity contribution in [1.29, 1.82) is 0 Å². The first-order valence-corrected chi connectivity index (χ1v) is 21.4. The van der Waals surface area contributed by atoms with E-state index in [0.717, 1.165) is 11.2 Å². The summed E-state index contributed by atoms with van der Waals surface area (Å²) in [6.45, 7) is 23.7. The van der Waals surface area contributed by atoms with Gasteiger partial charge in [-0.3, -0.25) is 0 Å². The molecular weight excluding hydrogens is 713 g/mol. The van der Waals surface area contributed by atoms with Gasteiger partial charge in [-0.2, -0.15) is 0 Å². The minimum absolute atomic E-state index is 0.0163. The van der Waals surface area contributed by atoms with Crippen molar-refractivity contribution in [1.82, 2.24) is 0 Å². The van der Waals surface area contributed by atoms with Crippen molar-refractivity contribution in [2.45, 2.75) is 90.9 Å². The third-order valence-electron chi connectivity index (χ3n) is 14.1. The molecule has 2 aliphatic carbocycles. The Bertz CT molecular complexity index is 3190. The molecule has 0 spiro atoms. The van der Waals surface area contributed by atoms with E-state index >= 15 is 0 Å². The van der Waals surface area contributed by atoms with Crippen LogP contribution >= 0.6 is 0 Å². The van der Waals surface area contributed by atoms with Gasteiger partial charge in [0.1, 0.15) is 11.2 Å². The number of hydrogen-bond acceptors (Lipinski definition) is 1. The SMILES string of the molecule is CC(C)(C)c1cc(-c2c3ccccc3c(-c3ccc4c(c3)C(C)(C)c3c5c(c6c(oc7ccccc76)c3-4)-c3ccccc3C5(C)C)c3ccccc23)cc(C(C)(C)C)c1. The summed E-state index contributed by atoms with van der Waals surface area (Å²) in [6.07, 6.45) is 0. The quantitative estimate of drug-likeness (QED) is 0.160. The average Bonchev–Trinajstić information content (AvgIpc) is 3.78. The van der Waals surface area contributed by atoms with E-state index in [1.165, 1.54) is 110 Å². The van der Waals surface area contributed by atoms with Gasteiger partial charge in [0.15, 0.2) is 0 Å². The molecule has 0 unspecified atom stereocenters. The molecule has 2 aliphatic rings. The molecule has 0 N–H and O–H groups in total. The highest BCUT2D eigenvalue weighted by Crippen LogP contribution is 2.63. The molecule has 0 atom stereocenters. The fourth-order valence-corrected chi connectivity index (χ4v) is 11.1. The van der Waals surface area contributed by atoms with E-state index in [2.05, 4.69) is 203 Å². The summed E-state index contributed by atoms with van der Waals surface area (Å²) in [5, 5.41) is 7.58. The molecule has 0 fully saturated rings. The Morgan fingerprint density at radius 1 is 0.407 bits per heavy atom. The Balaban J connectivity index is 1.20. The number of rotatable bonds is 2. The van der Waals surface area contributed by atoms with Crippen molar-refractivity contribution >= 4 is 43.5 Å². The van der Waals surface area contributed by atoms with Gasteiger partial charge in [-0.15, -0.1) is 0 Å². The summed E-state index contributed by atoms with van der Waals surface area (Å²) in [7, 11) is 0. The molecule has 1 heteroatoms. The molecule has 1 aromatic heterocycles. The standard InChI is InChI=1S/C58H52O/c1-55(2,3)35-29-34(30-36(32-35)56(4,5)6)48-39-21-13-11-19-37(39)47(38-20-12-14-22-40(38)48)33-27-28-42-45(31-33)58(9,10)53-51(42)54-50(43-24-16-18-26-46(43)59-54)49-41-23-15-17-25-44(41)57(7,8)52(49)53/h11-32H,1-10H3. The maximum Gasteiger partial charge on any atom is 0.144 e. The molecule has 11 rings (SSSR count). The van der Waals surface area contributed by atoms with E-state index in [1.807, 2.05) is 0 Å². The molecule has 0 bridgehead atoms. The Hall–Kier alpha value is -5.92. The van der Waals surface area contributed by atoms with Gasteiger partial charge in [-0.05, 0) is 117 Å². The van der Waals surface area contributed by atoms with Crippen molar-refractivity contribution in [2.24, 2.45) is 0 Å². The average molecular weight is 765 g/mol. The fraction of sp³-hybridized carbons (Fsp3) is 0.241. The molecule has 0 amide bonds. The van der Waals surface area contributed by atoms with E-state index < -0.39 is 0 Å². The molecule has 0 saturated heterocycles. The smallest absolute Gasteiger partial charge is 0.144 e. The van der Waals surface area contributed by atoms with E-state index in [9.17, 15) is 0 Å². The lowest BCUT2D eigenvalue weighted by Crippen LogP contribution is -2.24. The van der Waals surface area contributed by atoms with Crippen LogP contribution in [0.5, 0.6) is 0 Å². The van der Waals surface area contributed by atoms with Crippen LogP contribution in [0.15, 0.2) is 138 Å². The van der Waals surface area contributed by atoms with Crippen molar-refractivity contribution in [3.8, 4) is 44.5 Å². The Labute approximate surface area is 348 Å². The summed E-state index contributed by atoms with van der Waals surface area (Å²) < 4.78 is 7.00. The maximum absolute atomic E-state index is 7.00. The summed E-state index contributed by atoms with van der Waals surface area (Å²) in [4.78, 5) is 0. The molecule has 0 aliphatic heterocycles. The van der Waals surface area contributed by atoms with Crippen LogP contribution in [0.2, 0.25) is 0 Å². The van der Waals surface area contributed by atoms with Crippen molar-refractivity contribution in [3.63, 3.8) is 0 Å². The second-order valence-electron chi connectivity index (χ2n) is 20.5. The van der Waals surface area contributed by atoms with Crippen molar-refractivity contribution in [3.05, 3.63) is 167 Å². The van der Waals surface area contributed by atoms with Crippen molar-refractivity contribution in [2.75, 3.05) is 0 Å². The molecule has 1 nitrogen and oxygen atoms in total. The first-order valence-electron chi connectivity index (χ1n) is 21.4. The van der Waals surface area contributed by atoms with Gasteiger partial charge in [0, 0.05) is 27.2 Å². The van der Waals surface area contributed by atoms with Crippen LogP contribution in [0, 0.1) is 0 Å². The zero-order valence-electron chi connectivity index (χ0n) is 36.1. The highest BCUT2D eigenvalue weighted by atomic mass is 16.3. The third kappa shape index (κ3) is 4.91. The minimum atomic E-state index is -0.278. The normalized spacial score (nSPS) is 15.2. The fourth-order valence-electron chi connectivity index (χ4n) is 11.1. The van der Waals surface area contributed by atoms with Gasteiger partial charge >= 0.3 is 0 Å².